The van der Waals surface area contributed by atoms with Gasteiger partial charge < -0.3 is 10.2 Å². The SMILES string of the molecule is C=C1CC(=O)[C@H](CC=CCCCC(=O)O)[C@H]1C=C[C@@H](O)CCC1Cc2ccccc2C1. The highest BCUT2D eigenvalue weighted by atomic mass is 16.4. The number of carboxylic acids is 1. The van der Waals surface area contributed by atoms with E-state index in [0.717, 1.165) is 31.3 Å². The number of hydrogen-bond donors (Lipinski definition) is 2. The smallest absolute Gasteiger partial charge is 0.303 e. The van der Waals surface area contributed by atoms with Crippen LogP contribution in [0.4, 0.5) is 0 Å². The molecule has 2 aliphatic carbocycles. The van der Waals surface area contributed by atoms with E-state index in [1.165, 1.54) is 11.1 Å². The lowest BCUT2D eigenvalue weighted by molar-refractivity contribution is -0.137. The Hall–Kier alpha value is -2.46. The number of allylic oxidation sites excluding steroid dienone is 4. The summed E-state index contributed by atoms with van der Waals surface area (Å²) in [6, 6.07) is 8.59. The molecule has 4 heteroatoms. The number of aliphatic carboxylic acids is 1. The Kier molecular flexibility index (Phi) is 8.42. The van der Waals surface area contributed by atoms with E-state index in [1.807, 2.05) is 24.3 Å². The Morgan fingerprint density at radius 2 is 1.90 bits per heavy atom. The average Bonchev–Trinajstić information content (AvgIpc) is 3.27. The molecule has 3 rings (SSSR count). The van der Waals surface area contributed by atoms with E-state index in [9.17, 15) is 14.7 Å². The molecule has 0 aromatic heterocycles. The van der Waals surface area contributed by atoms with Gasteiger partial charge in [0.05, 0.1) is 6.10 Å². The third kappa shape index (κ3) is 6.76. The molecule has 3 atom stereocenters. The van der Waals surface area contributed by atoms with E-state index in [1.54, 1.807) is 0 Å². The Bertz CT molecular complexity index is 826. The number of carboxylic acid groups (broad SMARTS) is 1. The first-order valence-electron chi connectivity index (χ1n) is 11.4. The lowest BCUT2D eigenvalue weighted by atomic mass is 9.89. The molecule has 1 aromatic carbocycles. The van der Waals surface area contributed by atoms with Gasteiger partial charge in [0.15, 0.2) is 0 Å². The van der Waals surface area contributed by atoms with Crippen LogP contribution in [0.15, 0.2) is 60.7 Å². The van der Waals surface area contributed by atoms with E-state index in [-0.39, 0.29) is 24.0 Å². The predicted molar refractivity (Wildman–Crippen MR) is 123 cm³/mol. The van der Waals surface area contributed by atoms with Gasteiger partial charge in [-0.1, -0.05) is 60.7 Å². The van der Waals surface area contributed by atoms with Gasteiger partial charge in [0.2, 0.25) is 0 Å². The molecular formula is C27H34O4. The van der Waals surface area contributed by atoms with Crippen LogP contribution in [-0.4, -0.2) is 28.1 Å². The number of fused-ring (bicyclic) bond motifs is 1. The molecule has 0 unspecified atom stereocenters. The molecule has 1 saturated carbocycles. The van der Waals surface area contributed by atoms with Gasteiger partial charge in [-0.3, -0.25) is 9.59 Å². The summed E-state index contributed by atoms with van der Waals surface area (Å²) in [5.74, 6) is -0.134. The lowest BCUT2D eigenvalue weighted by Crippen LogP contribution is -2.14. The van der Waals surface area contributed by atoms with E-state index < -0.39 is 12.1 Å². The summed E-state index contributed by atoms with van der Waals surface area (Å²) in [4.78, 5) is 22.9. The first-order valence-corrected chi connectivity index (χ1v) is 11.4. The summed E-state index contributed by atoms with van der Waals surface area (Å²) < 4.78 is 0. The molecule has 1 fully saturated rings. The van der Waals surface area contributed by atoms with Crippen molar-refractivity contribution in [1.29, 1.82) is 0 Å². The molecule has 2 aliphatic rings. The van der Waals surface area contributed by atoms with Gasteiger partial charge in [-0.25, -0.2) is 0 Å². The van der Waals surface area contributed by atoms with Gasteiger partial charge in [-0.05, 0) is 62.0 Å². The van der Waals surface area contributed by atoms with Crippen molar-refractivity contribution in [3.8, 4) is 0 Å². The number of hydrogen-bond acceptors (Lipinski definition) is 3. The maximum atomic E-state index is 12.4. The zero-order valence-electron chi connectivity index (χ0n) is 18.2. The maximum absolute atomic E-state index is 12.4. The van der Waals surface area contributed by atoms with Crippen LogP contribution in [0, 0.1) is 17.8 Å². The molecule has 2 N–H and O–H groups in total. The van der Waals surface area contributed by atoms with Crippen molar-refractivity contribution in [2.45, 2.75) is 63.9 Å². The number of carbonyl (C=O) groups is 2. The Morgan fingerprint density at radius 3 is 2.58 bits per heavy atom. The van der Waals surface area contributed by atoms with Crippen LogP contribution in [0.3, 0.4) is 0 Å². The zero-order valence-corrected chi connectivity index (χ0v) is 18.2. The number of aliphatic hydroxyl groups is 1. The largest absolute Gasteiger partial charge is 0.481 e. The fourth-order valence-electron chi connectivity index (χ4n) is 4.84. The molecule has 0 amide bonds. The summed E-state index contributed by atoms with van der Waals surface area (Å²) in [5.41, 5.74) is 3.80. The number of benzene rings is 1. The zero-order chi connectivity index (χ0) is 22.2. The van der Waals surface area contributed by atoms with Crippen molar-refractivity contribution in [1.82, 2.24) is 0 Å². The minimum Gasteiger partial charge on any atom is -0.481 e. The number of carbonyl (C=O) groups excluding carboxylic acids is 1. The van der Waals surface area contributed by atoms with E-state index >= 15 is 0 Å². The first-order chi connectivity index (χ1) is 14.9. The summed E-state index contributed by atoms with van der Waals surface area (Å²) in [5, 5.41) is 19.2. The standard InChI is InChI=1S/C27H34O4/c1-19-16-26(29)25(10-4-2-3-5-11-27(30)31)24(19)15-14-23(28)13-12-20-17-21-8-6-7-9-22(21)18-20/h2,4,6-9,14-15,20,23-25,28H,1,3,5,10-13,16-18H2,(H,30,31)/t23-,24-,25+/m0/s1. The normalized spacial score (nSPS) is 22.6. The highest BCUT2D eigenvalue weighted by Gasteiger charge is 2.34. The van der Waals surface area contributed by atoms with Crippen LogP contribution in [-0.2, 0) is 22.4 Å². The molecular weight excluding hydrogens is 388 g/mol. The molecule has 0 saturated heterocycles. The Morgan fingerprint density at radius 1 is 1.19 bits per heavy atom. The molecule has 0 bridgehead atoms. The third-order valence-corrected chi connectivity index (χ3v) is 6.58. The average molecular weight is 423 g/mol. The highest BCUT2D eigenvalue weighted by molar-refractivity contribution is 5.87. The molecule has 166 valence electrons. The second-order valence-electron chi connectivity index (χ2n) is 9.00. The van der Waals surface area contributed by atoms with Crippen LogP contribution < -0.4 is 0 Å². The van der Waals surface area contributed by atoms with Gasteiger partial charge in [0.25, 0.3) is 0 Å². The molecule has 0 aliphatic heterocycles. The number of ketones is 1. The van der Waals surface area contributed by atoms with Crippen molar-refractivity contribution < 1.29 is 19.8 Å². The van der Waals surface area contributed by atoms with Gasteiger partial charge in [0, 0.05) is 24.7 Å². The van der Waals surface area contributed by atoms with Gasteiger partial charge in [0.1, 0.15) is 5.78 Å². The summed E-state index contributed by atoms with van der Waals surface area (Å²) >= 11 is 0. The molecule has 1 aromatic rings. The van der Waals surface area contributed by atoms with Crippen molar-refractivity contribution in [3.05, 3.63) is 71.8 Å². The summed E-state index contributed by atoms with van der Waals surface area (Å²) in [7, 11) is 0. The minimum absolute atomic E-state index is 0.0263. The minimum atomic E-state index is -0.781. The summed E-state index contributed by atoms with van der Waals surface area (Å²) in [6.07, 6.45) is 13.7. The number of rotatable bonds is 11. The van der Waals surface area contributed by atoms with Gasteiger partial charge >= 0.3 is 5.97 Å². The molecule has 31 heavy (non-hydrogen) atoms. The van der Waals surface area contributed by atoms with Crippen LogP contribution in [0.2, 0.25) is 0 Å². The van der Waals surface area contributed by atoms with Crippen molar-refractivity contribution in [2.75, 3.05) is 0 Å². The number of aliphatic hydroxyl groups excluding tert-OH is 1. The van der Waals surface area contributed by atoms with E-state index in [4.69, 9.17) is 5.11 Å². The van der Waals surface area contributed by atoms with Crippen molar-refractivity contribution in [3.63, 3.8) is 0 Å². The fourth-order valence-corrected chi connectivity index (χ4v) is 4.84. The third-order valence-electron chi connectivity index (χ3n) is 6.58. The Balaban J connectivity index is 1.45. The quantitative estimate of drug-likeness (QED) is 0.386. The number of Topliss-reactive ketones (excluding diaryl/α,β-unsaturated/α-hetero) is 1. The molecule has 0 spiro atoms. The highest BCUT2D eigenvalue weighted by Crippen LogP contribution is 2.36. The van der Waals surface area contributed by atoms with E-state index in [2.05, 4.69) is 30.8 Å². The molecule has 0 radical (unpaired) electrons. The van der Waals surface area contributed by atoms with Crippen molar-refractivity contribution in [2.24, 2.45) is 17.8 Å². The van der Waals surface area contributed by atoms with Crippen LogP contribution in [0.5, 0.6) is 0 Å². The monoisotopic (exact) mass is 422 g/mol. The van der Waals surface area contributed by atoms with Gasteiger partial charge in [-0.2, -0.15) is 0 Å². The van der Waals surface area contributed by atoms with Gasteiger partial charge in [-0.15, -0.1) is 0 Å². The second kappa shape index (κ2) is 11.2. The fraction of sp³-hybridized carbons (Fsp3) is 0.481. The predicted octanol–water partition coefficient (Wildman–Crippen LogP) is 5.06. The number of unbranched alkanes of at least 4 members (excludes halogenated alkanes) is 1. The topological polar surface area (TPSA) is 74.6 Å². The summed E-state index contributed by atoms with van der Waals surface area (Å²) in [6.45, 7) is 4.08. The van der Waals surface area contributed by atoms with E-state index in [0.29, 0.717) is 31.6 Å². The maximum Gasteiger partial charge on any atom is 0.303 e. The lowest BCUT2D eigenvalue weighted by Gasteiger charge is -2.15. The molecule has 0 heterocycles. The molecule has 4 nitrogen and oxygen atoms in total. The van der Waals surface area contributed by atoms with Crippen LogP contribution in [0.25, 0.3) is 0 Å². The Labute approximate surface area is 185 Å². The van der Waals surface area contributed by atoms with Crippen LogP contribution in [0.1, 0.15) is 56.1 Å². The van der Waals surface area contributed by atoms with Crippen molar-refractivity contribution >= 4 is 11.8 Å². The van der Waals surface area contributed by atoms with Crippen LogP contribution >= 0.6 is 0 Å². The first kappa shape index (κ1) is 23.2. The second-order valence-corrected chi connectivity index (χ2v) is 9.00.